The number of hydrogen-bond donors (Lipinski definition) is 2. The van der Waals surface area contributed by atoms with Crippen LogP contribution in [0.1, 0.15) is 39.2 Å². The molecular weight excluding hydrogens is 565 g/mol. The molecule has 0 aliphatic heterocycles. The number of aromatic nitrogens is 2. The van der Waals surface area contributed by atoms with Crippen molar-refractivity contribution in [2.24, 2.45) is 11.7 Å². The normalized spacial score (nSPS) is 14.2. The third kappa shape index (κ3) is 7.75. The predicted molar refractivity (Wildman–Crippen MR) is 149 cm³/mol. The van der Waals surface area contributed by atoms with Crippen molar-refractivity contribution >= 4 is 42.3 Å². The minimum atomic E-state index is -1.25. The Morgan fingerprint density at radius 2 is 1.97 bits per heavy atom. The van der Waals surface area contributed by atoms with Gasteiger partial charge in [0.15, 0.2) is 0 Å². The van der Waals surface area contributed by atoms with E-state index in [2.05, 4.69) is 34.8 Å². The van der Waals surface area contributed by atoms with Crippen molar-refractivity contribution in [3.05, 3.63) is 53.3 Å². The van der Waals surface area contributed by atoms with Gasteiger partial charge in [-0.25, -0.2) is 0 Å². The average molecular weight is 600 g/mol. The van der Waals surface area contributed by atoms with Crippen LogP contribution in [0, 0.1) is 12.8 Å². The molecule has 2 heterocycles. The number of ether oxygens (including phenoxy) is 2. The summed E-state index contributed by atoms with van der Waals surface area (Å²) in [5, 5.41) is 11.0. The fourth-order valence-electron chi connectivity index (χ4n) is 3.89. The van der Waals surface area contributed by atoms with Crippen LogP contribution in [0.3, 0.4) is 0 Å². The van der Waals surface area contributed by atoms with Crippen molar-refractivity contribution in [1.29, 1.82) is 0 Å². The maximum atomic E-state index is 9.27. The number of alkyl halides is 3. The fraction of sp³-hybridized carbons (Fsp3) is 0.462. The standard InChI is InChI=1S/C26H35ClIN3O3/c1-17(8-10-26(3,4)34-25(29)32)14-28(5)16-33-24-15-31-22(12-18(24)2)21-9-11-30-23-13-19(27)6-7-20(21)23/h6-7,9,11-13,15,17,25,32H,8,10,14,16,29H2,1-5H3. The van der Waals surface area contributed by atoms with E-state index in [1.807, 2.05) is 44.3 Å². The van der Waals surface area contributed by atoms with Crippen molar-refractivity contribution in [2.75, 3.05) is 14.0 Å². The molecule has 2 aromatic heterocycles. The van der Waals surface area contributed by atoms with E-state index >= 15 is 0 Å². The number of rotatable bonds is 11. The van der Waals surface area contributed by atoms with Crippen molar-refractivity contribution in [2.45, 2.75) is 52.6 Å². The van der Waals surface area contributed by atoms with E-state index in [1.165, 1.54) is 4.43 Å². The number of benzene rings is 1. The Morgan fingerprint density at radius 1 is 1.21 bits per heavy atom. The van der Waals surface area contributed by atoms with Crippen LogP contribution < -0.4 is 10.5 Å². The number of nitrogens with zero attached hydrogens (tertiary/aromatic N) is 2. The van der Waals surface area contributed by atoms with Gasteiger partial charge in [0.2, 0.25) is 0 Å². The van der Waals surface area contributed by atoms with Crippen LogP contribution in [0.5, 0.6) is 5.75 Å². The van der Waals surface area contributed by atoms with Crippen molar-refractivity contribution in [3.63, 3.8) is 0 Å². The average Bonchev–Trinajstić information content (AvgIpc) is 2.75. The SMILES string of the molecule is Cc1cc(-c2ccnc3cc(Cl)ccc23)ncc1OCI(C)CC(C)CCC(C)(C)OC(N)O. The van der Waals surface area contributed by atoms with Gasteiger partial charge in [0, 0.05) is 0 Å². The first-order valence-corrected chi connectivity index (χ1v) is 16.9. The van der Waals surface area contributed by atoms with Gasteiger partial charge in [-0.15, -0.1) is 0 Å². The summed E-state index contributed by atoms with van der Waals surface area (Å²) >= 11 is 4.88. The van der Waals surface area contributed by atoms with Gasteiger partial charge in [-0.05, 0) is 0 Å². The Morgan fingerprint density at radius 3 is 2.68 bits per heavy atom. The molecule has 2 atom stereocenters. The van der Waals surface area contributed by atoms with Gasteiger partial charge in [-0.1, -0.05) is 0 Å². The van der Waals surface area contributed by atoms with Crippen LogP contribution in [-0.4, -0.2) is 41.1 Å². The molecule has 3 aromatic rings. The van der Waals surface area contributed by atoms with E-state index in [1.54, 1.807) is 6.20 Å². The zero-order valence-corrected chi connectivity index (χ0v) is 23.4. The number of pyridine rings is 2. The first-order valence-electron chi connectivity index (χ1n) is 11.3. The summed E-state index contributed by atoms with van der Waals surface area (Å²) in [7, 11) is 0. The molecule has 0 saturated carbocycles. The second-order valence-corrected chi connectivity index (χ2v) is 15.5. The molecule has 8 heteroatoms. The Bertz CT molecular complexity index is 1110. The summed E-state index contributed by atoms with van der Waals surface area (Å²) in [4.78, 5) is 11.5. The molecule has 6 nitrogen and oxygen atoms in total. The fourth-order valence-corrected chi connectivity index (χ4v) is 8.18. The first kappa shape index (κ1) is 27.1. The molecule has 3 N–H and O–H groups in total. The Kier molecular flexibility index (Phi) is 9.51. The molecule has 34 heavy (non-hydrogen) atoms. The molecule has 0 spiro atoms. The quantitative estimate of drug-likeness (QED) is 0.155. The third-order valence-electron chi connectivity index (χ3n) is 5.65. The zero-order chi connectivity index (χ0) is 24.9. The number of halogens is 2. The van der Waals surface area contributed by atoms with E-state index in [0.29, 0.717) is 10.9 Å². The van der Waals surface area contributed by atoms with E-state index in [4.69, 9.17) is 26.8 Å². The summed E-state index contributed by atoms with van der Waals surface area (Å²) < 4.78 is 13.6. The van der Waals surface area contributed by atoms with E-state index in [-0.39, 0.29) is 0 Å². The maximum absolute atomic E-state index is 9.27. The van der Waals surface area contributed by atoms with Gasteiger partial charge in [-0.2, -0.15) is 0 Å². The Hall–Kier alpha value is -1.52. The number of fused-ring (bicyclic) bond motifs is 1. The molecule has 0 bridgehead atoms. The molecule has 0 aliphatic carbocycles. The monoisotopic (exact) mass is 599 g/mol. The summed E-state index contributed by atoms with van der Waals surface area (Å²) in [5.41, 5.74) is 8.78. The van der Waals surface area contributed by atoms with E-state index < -0.39 is 31.8 Å². The van der Waals surface area contributed by atoms with E-state index in [9.17, 15) is 5.11 Å². The van der Waals surface area contributed by atoms with Crippen LogP contribution in [0.15, 0.2) is 42.7 Å². The Labute approximate surface area is 214 Å². The van der Waals surface area contributed by atoms with Crippen LogP contribution in [0.2, 0.25) is 5.02 Å². The minimum absolute atomic E-state index is 0.428. The summed E-state index contributed by atoms with van der Waals surface area (Å²) in [6, 6.07) is 9.79. The van der Waals surface area contributed by atoms with Gasteiger partial charge < -0.3 is 0 Å². The molecule has 0 amide bonds. The van der Waals surface area contributed by atoms with Crippen molar-refractivity contribution in [1.82, 2.24) is 9.97 Å². The zero-order valence-electron chi connectivity index (χ0n) is 20.5. The first-order chi connectivity index (χ1) is 16.0. The van der Waals surface area contributed by atoms with Crippen LogP contribution in [0.4, 0.5) is 0 Å². The molecule has 0 aliphatic rings. The molecule has 3 rings (SSSR count). The molecule has 0 radical (unpaired) electrons. The summed E-state index contributed by atoms with van der Waals surface area (Å²) in [5.74, 6) is 1.42. The second kappa shape index (κ2) is 11.9. The van der Waals surface area contributed by atoms with Gasteiger partial charge >= 0.3 is 215 Å². The van der Waals surface area contributed by atoms with Crippen molar-refractivity contribution in [3.8, 4) is 17.0 Å². The molecule has 0 saturated heterocycles. The number of nitrogens with two attached hydrogens (primary N) is 1. The summed E-state index contributed by atoms with van der Waals surface area (Å²) in [6.07, 6.45) is 4.27. The van der Waals surface area contributed by atoms with E-state index in [0.717, 1.165) is 50.9 Å². The predicted octanol–water partition coefficient (Wildman–Crippen LogP) is 6.18. The van der Waals surface area contributed by atoms with Crippen LogP contribution in [0.25, 0.3) is 22.2 Å². The summed E-state index contributed by atoms with van der Waals surface area (Å²) in [6.45, 7) is 8.26. The molecule has 0 fully saturated rings. The molecule has 186 valence electrons. The van der Waals surface area contributed by atoms with Gasteiger partial charge in [0.1, 0.15) is 0 Å². The molecular formula is C26H35ClIN3O3. The topological polar surface area (TPSA) is 90.5 Å². The third-order valence-corrected chi connectivity index (χ3v) is 10.3. The Balaban J connectivity index is 1.57. The van der Waals surface area contributed by atoms with Gasteiger partial charge in [-0.3, -0.25) is 0 Å². The van der Waals surface area contributed by atoms with Crippen LogP contribution >= 0.6 is 31.4 Å². The number of aryl methyl sites for hydroxylation is 1. The number of aliphatic hydroxyl groups excluding tert-OH is 1. The number of aliphatic hydroxyl groups is 1. The van der Waals surface area contributed by atoms with Gasteiger partial charge in [0.05, 0.1) is 0 Å². The van der Waals surface area contributed by atoms with Gasteiger partial charge in [0.25, 0.3) is 0 Å². The second-order valence-electron chi connectivity index (χ2n) is 9.40. The van der Waals surface area contributed by atoms with Crippen molar-refractivity contribution < 1.29 is 14.6 Å². The molecule has 1 aromatic carbocycles. The number of hydrogen-bond acceptors (Lipinski definition) is 6. The molecule has 2 unspecified atom stereocenters. The van der Waals surface area contributed by atoms with Crippen LogP contribution in [-0.2, 0) is 4.74 Å².